The number of carbonyl (C=O) groups excluding carboxylic acids is 2. The first-order chi connectivity index (χ1) is 29.5. The van der Waals surface area contributed by atoms with Gasteiger partial charge in [-0.2, -0.15) is 0 Å². The Hall–Kier alpha value is -3.05. The van der Waals surface area contributed by atoms with Crippen molar-refractivity contribution in [3.63, 3.8) is 0 Å². The lowest BCUT2D eigenvalue weighted by molar-refractivity contribution is -0.134. The number of carbonyl (C=O) groups is 2. The summed E-state index contributed by atoms with van der Waals surface area (Å²) in [5.74, 6) is 1.35. The molecule has 3 nitrogen and oxygen atoms in total. The molecule has 4 aromatic rings. The van der Waals surface area contributed by atoms with Gasteiger partial charge in [0.05, 0.1) is 0 Å². The van der Waals surface area contributed by atoms with Gasteiger partial charge in [-0.25, -0.2) is 0 Å². The van der Waals surface area contributed by atoms with Crippen molar-refractivity contribution in [1.82, 2.24) is 0 Å². The second-order valence-electron chi connectivity index (χ2n) is 20.2. The van der Waals surface area contributed by atoms with Crippen molar-refractivity contribution >= 4 is 54.3 Å². The second-order valence-corrected chi connectivity index (χ2v) is 22.5. The minimum absolute atomic E-state index is 0.128. The van der Waals surface area contributed by atoms with Crippen LogP contribution in [0.3, 0.4) is 0 Å². The van der Waals surface area contributed by atoms with E-state index in [0.29, 0.717) is 23.5 Å². The molecule has 0 spiro atoms. The molecule has 0 aromatic heterocycles. The van der Waals surface area contributed by atoms with E-state index in [9.17, 15) is 9.59 Å². The van der Waals surface area contributed by atoms with Crippen LogP contribution in [0.25, 0.3) is 0 Å². The molecule has 6 atom stereocenters. The number of aryl methyl sites for hydroxylation is 4. The summed E-state index contributed by atoms with van der Waals surface area (Å²) in [6, 6.07) is 36.2. The Bertz CT molecular complexity index is 1930. The summed E-state index contributed by atoms with van der Waals surface area (Å²) in [5.41, 5.74) is 10.6. The van der Waals surface area contributed by atoms with Gasteiger partial charge in [-0.05, 0) is 168 Å². The maximum absolute atomic E-state index is 11.5. The van der Waals surface area contributed by atoms with Crippen LogP contribution in [-0.2, 0) is 35.2 Å². The number of alkyl halides is 3. The summed E-state index contributed by atoms with van der Waals surface area (Å²) in [4.78, 5) is 21.5. The van der Waals surface area contributed by atoms with Gasteiger partial charge in [0.15, 0.2) is 0 Å². The molecule has 0 aliphatic heterocycles. The number of hydrogen-bond donors (Lipinski definition) is 0. The molecule has 1 fully saturated rings. The lowest BCUT2D eigenvalue weighted by atomic mass is 9.59. The molecule has 0 saturated heterocycles. The van der Waals surface area contributed by atoms with Crippen molar-refractivity contribution in [3.05, 3.63) is 142 Å². The molecular weight excluding hydrogens is 838 g/mol. The predicted octanol–water partition coefficient (Wildman–Crippen LogP) is 16.1. The molecule has 6 unspecified atom stereocenters. The molecule has 1 saturated carbocycles. The van der Waals surface area contributed by atoms with E-state index in [-0.39, 0.29) is 27.5 Å². The van der Waals surface area contributed by atoms with Gasteiger partial charge < -0.3 is 4.74 Å². The summed E-state index contributed by atoms with van der Waals surface area (Å²) in [6.45, 7) is 22.5. The second kappa shape index (κ2) is 26.2. The zero-order valence-electron chi connectivity index (χ0n) is 40.3. The molecular formula is C56H76BCl3O3. The average Bonchev–Trinajstić information content (AvgIpc) is 3.18. The van der Waals surface area contributed by atoms with Gasteiger partial charge in [0.2, 0.25) is 13.7 Å². The van der Waals surface area contributed by atoms with E-state index in [2.05, 4.69) is 157 Å². The third-order valence-corrected chi connectivity index (χ3v) is 12.4. The number of benzene rings is 4. The van der Waals surface area contributed by atoms with Gasteiger partial charge in [-0.15, -0.1) is 34.8 Å². The van der Waals surface area contributed by atoms with E-state index in [1.165, 1.54) is 44.5 Å². The maximum Gasteiger partial charge on any atom is 0.236 e. The van der Waals surface area contributed by atoms with E-state index >= 15 is 0 Å². The SMILES string of the molecule is CC(C)Cc1ccc(CCC(CC(CC(C)Cl)c2ccc(CCC(C)Cl)cc2)c2ccc(CCC(C)Cl)cc2)cc1.Cc1ccc(C2C(=O)CC2(C)C)cc1.[B]C(=O)OC(C)(C)C. The number of ketones is 1. The smallest absolute Gasteiger partial charge is 0.236 e. The third kappa shape index (κ3) is 20.8. The lowest BCUT2D eigenvalue weighted by Crippen LogP contribution is -2.42. The van der Waals surface area contributed by atoms with Crippen LogP contribution in [0.2, 0.25) is 0 Å². The molecule has 0 heterocycles. The van der Waals surface area contributed by atoms with E-state index in [0.717, 1.165) is 64.2 Å². The van der Waals surface area contributed by atoms with Gasteiger partial charge in [0, 0.05) is 28.5 Å². The minimum atomic E-state index is -0.725. The van der Waals surface area contributed by atoms with Crippen LogP contribution in [0, 0.1) is 18.3 Å². The van der Waals surface area contributed by atoms with E-state index in [1.54, 1.807) is 20.8 Å². The Morgan fingerprint density at radius 1 is 0.651 bits per heavy atom. The van der Waals surface area contributed by atoms with Crippen molar-refractivity contribution in [2.45, 2.75) is 180 Å². The zero-order chi connectivity index (χ0) is 46.9. The van der Waals surface area contributed by atoms with Crippen molar-refractivity contribution in [2.75, 3.05) is 0 Å². The summed E-state index contributed by atoms with van der Waals surface area (Å²) >= 11 is 19.1. The Kier molecular flexibility index (Phi) is 22.6. The van der Waals surface area contributed by atoms with Crippen LogP contribution in [-0.4, -0.2) is 41.2 Å². The van der Waals surface area contributed by atoms with Gasteiger partial charge in [-0.3, -0.25) is 9.59 Å². The van der Waals surface area contributed by atoms with E-state index in [1.807, 2.05) is 0 Å². The first-order valence-corrected chi connectivity index (χ1v) is 24.6. The quantitative estimate of drug-likeness (QED) is 0.0738. The third-order valence-electron chi connectivity index (χ3n) is 11.7. The molecule has 5 rings (SSSR count). The standard InChI is InChI=1S/C38H51Cl3.C13H16O.C5H9BO2/c1-27(2)24-34-12-10-33(11-13-34)18-23-37(35-19-14-31(15-20-35)8-6-28(3)39)26-38(25-30(5)41)36-21-16-32(17-22-36)9-7-29(4)40;1-9-4-6-10(7-5-9)12-11(14)8-13(12,2)3;1-5(2,3)8-4(6)7/h10-17,19-22,27-30,37-38H,6-9,18,23-26H2,1-5H3;4-7,12H,8H2,1-3H3;1-3H3. The Balaban J connectivity index is 0.000000388. The summed E-state index contributed by atoms with van der Waals surface area (Å²) in [7, 11) is 4.72. The lowest BCUT2D eigenvalue weighted by Gasteiger charge is -2.43. The Labute approximate surface area is 399 Å². The number of halogens is 3. The molecule has 7 heteroatoms. The fourth-order valence-electron chi connectivity index (χ4n) is 8.48. The molecule has 63 heavy (non-hydrogen) atoms. The number of rotatable bonds is 18. The van der Waals surface area contributed by atoms with Gasteiger partial charge in [-0.1, -0.05) is 130 Å². The minimum Gasteiger partial charge on any atom is -0.469 e. The highest BCUT2D eigenvalue weighted by Crippen LogP contribution is 2.49. The van der Waals surface area contributed by atoms with E-state index in [4.69, 9.17) is 42.6 Å². The van der Waals surface area contributed by atoms with Crippen molar-refractivity contribution in [2.24, 2.45) is 11.3 Å². The molecule has 0 bridgehead atoms. The monoisotopic (exact) mass is 912 g/mol. The number of ether oxygens (including phenoxy) is 1. The number of hydrogen-bond acceptors (Lipinski definition) is 3. The molecule has 2 radical (unpaired) electrons. The fraction of sp³-hybridized carbons (Fsp3) is 0.536. The normalized spacial score (nSPS) is 16.9. The van der Waals surface area contributed by atoms with Gasteiger partial charge in [0.25, 0.3) is 0 Å². The predicted molar refractivity (Wildman–Crippen MR) is 273 cm³/mol. The number of Topliss-reactive ketones (excluding diaryl/α,β-unsaturated/α-hetero) is 1. The van der Waals surface area contributed by atoms with Gasteiger partial charge in [0.1, 0.15) is 11.4 Å². The zero-order valence-corrected chi connectivity index (χ0v) is 42.6. The van der Waals surface area contributed by atoms with Crippen molar-refractivity contribution < 1.29 is 14.3 Å². The molecule has 0 N–H and O–H groups in total. The first-order valence-electron chi connectivity index (χ1n) is 23.3. The van der Waals surface area contributed by atoms with E-state index < -0.39 is 11.5 Å². The van der Waals surface area contributed by atoms with Crippen LogP contribution in [0.1, 0.15) is 170 Å². The topological polar surface area (TPSA) is 43.4 Å². The van der Waals surface area contributed by atoms with Crippen LogP contribution in [0.4, 0.5) is 4.79 Å². The summed E-state index contributed by atoms with van der Waals surface area (Å²) in [6.07, 6.45) is 10.2. The van der Waals surface area contributed by atoms with Crippen LogP contribution < -0.4 is 0 Å². The fourth-order valence-corrected chi connectivity index (χ4v) is 8.91. The molecule has 4 aromatic carbocycles. The van der Waals surface area contributed by atoms with Crippen LogP contribution in [0.15, 0.2) is 97.1 Å². The highest BCUT2D eigenvalue weighted by molar-refractivity contribution is 6.55. The maximum atomic E-state index is 11.5. The van der Waals surface area contributed by atoms with Crippen molar-refractivity contribution in [1.29, 1.82) is 0 Å². The molecule has 1 aliphatic rings. The van der Waals surface area contributed by atoms with Crippen LogP contribution >= 0.6 is 34.8 Å². The average molecular weight is 914 g/mol. The van der Waals surface area contributed by atoms with Crippen molar-refractivity contribution in [3.8, 4) is 0 Å². The van der Waals surface area contributed by atoms with Crippen LogP contribution in [0.5, 0.6) is 0 Å². The first kappa shape index (κ1) is 54.3. The largest absolute Gasteiger partial charge is 0.469 e. The Morgan fingerprint density at radius 3 is 1.44 bits per heavy atom. The summed E-state index contributed by atoms with van der Waals surface area (Å²) in [5, 5.41) is 0.541. The summed E-state index contributed by atoms with van der Waals surface area (Å²) < 4.78 is 4.58. The molecule has 1 aliphatic carbocycles. The highest BCUT2D eigenvalue weighted by Gasteiger charge is 2.47. The molecule has 342 valence electrons. The highest BCUT2D eigenvalue weighted by atomic mass is 35.5. The Morgan fingerprint density at radius 2 is 1.08 bits per heavy atom. The molecule has 0 amide bonds. The van der Waals surface area contributed by atoms with Gasteiger partial charge >= 0.3 is 0 Å².